The molecule has 1 saturated heterocycles. The van der Waals surface area contributed by atoms with Crippen molar-refractivity contribution in [3.8, 4) is 0 Å². The number of amides is 2. The third-order valence-electron chi connectivity index (χ3n) is 5.86. The molecule has 3 aromatic rings. The maximum Gasteiger partial charge on any atom is 0.408 e. The van der Waals surface area contributed by atoms with E-state index in [1.807, 2.05) is 31.2 Å². The van der Waals surface area contributed by atoms with E-state index in [2.05, 4.69) is 26.2 Å². The summed E-state index contributed by atoms with van der Waals surface area (Å²) in [5, 5.41) is 18.4. The zero-order valence-electron chi connectivity index (χ0n) is 19.9. The number of primary amides is 1. The van der Waals surface area contributed by atoms with Crippen LogP contribution in [0.25, 0.3) is 0 Å². The van der Waals surface area contributed by atoms with Crippen LogP contribution in [0.15, 0.2) is 48.5 Å². The van der Waals surface area contributed by atoms with Crippen LogP contribution in [0.4, 0.5) is 10.5 Å². The molecule has 188 valence electrons. The molecule has 4 rings (SSSR count). The highest BCUT2D eigenvalue weighted by Crippen LogP contribution is 2.30. The number of carbonyl (C=O) groups is 3. The van der Waals surface area contributed by atoms with Gasteiger partial charge in [-0.05, 0) is 59.7 Å². The molecule has 4 N–H and O–H groups in total. The van der Waals surface area contributed by atoms with Crippen LogP contribution in [0.5, 0.6) is 0 Å². The Morgan fingerprint density at radius 2 is 2.06 bits per heavy atom. The van der Waals surface area contributed by atoms with Gasteiger partial charge in [0, 0.05) is 11.3 Å². The second-order valence-corrected chi connectivity index (χ2v) is 8.49. The molecule has 1 aromatic heterocycles. The average Bonchev–Trinajstić information content (AvgIpc) is 3.48. The van der Waals surface area contributed by atoms with Crippen LogP contribution in [0.3, 0.4) is 0 Å². The lowest BCUT2D eigenvalue weighted by Gasteiger charge is -2.24. The Morgan fingerprint density at radius 1 is 1.28 bits per heavy atom. The Hall–Kier alpha value is -4.48. The van der Waals surface area contributed by atoms with E-state index < -0.39 is 23.6 Å². The highest BCUT2D eigenvalue weighted by molar-refractivity contribution is 5.92. The molecule has 0 saturated carbocycles. The SMILES string of the molecule is CCOC(=O)CCn1nnnc1C(Nc1cccc(C2(C)COC(=O)N2)c1)c1ccc(C(N)=O)cc1. The highest BCUT2D eigenvalue weighted by Gasteiger charge is 2.36. The molecule has 36 heavy (non-hydrogen) atoms. The Kier molecular flexibility index (Phi) is 7.13. The molecule has 1 aliphatic heterocycles. The van der Waals surface area contributed by atoms with Crippen molar-refractivity contribution in [3.63, 3.8) is 0 Å². The van der Waals surface area contributed by atoms with Crippen molar-refractivity contribution in [1.82, 2.24) is 25.5 Å². The van der Waals surface area contributed by atoms with Crippen molar-refractivity contribution in [3.05, 3.63) is 71.0 Å². The predicted octanol–water partition coefficient (Wildman–Crippen LogP) is 1.88. The molecule has 2 atom stereocenters. The van der Waals surface area contributed by atoms with Gasteiger partial charge >= 0.3 is 12.1 Å². The van der Waals surface area contributed by atoms with Gasteiger partial charge in [0.25, 0.3) is 0 Å². The minimum absolute atomic E-state index is 0.104. The molecular weight excluding hydrogens is 466 g/mol. The van der Waals surface area contributed by atoms with Gasteiger partial charge in [-0.2, -0.15) is 0 Å². The van der Waals surface area contributed by atoms with Gasteiger partial charge < -0.3 is 25.8 Å². The van der Waals surface area contributed by atoms with E-state index in [0.717, 1.165) is 16.8 Å². The second kappa shape index (κ2) is 10.4. The van der Waals surface area contributed by atoms with Gasteiger partial charge in [-0.3, -0.25) is 9.59 Å². The van der Waals surface area contributed by atoms with Gasteiger partial charge in [0.1, 0.15) is 12.6 Å². The minimum atomic E-state index is -0.672. The standard InChI is InChI=1S/C24H27N7O5/c1-3-35-19(32)11-12-31-22(28-29-30-31)20(15-7-9-16(10-8-15)21(25)33)26-18-6-4-5-17(13-18)24(2)14-36-23(34)27-24/h4-10,13,20,26H,3,11-12,14H2,1-2H3,(H2,25,33)(H,27,34). The Balaban J connectivity index is 1.66. The van der Waals surface area contributed by atoms with E-state index in [4.69, 9.17) is 15.2 Å². The fourth-order valence-electron chi connectivity index (χ4n) is 3.93. The first-order valence-electron chi connectivity index (χ1n) is 11.4. The van der Waals surface area contributed by atoms with E-state index in [1.165, 1.54) is 4.68 Å². The largest absolute Gasteiger partial charge is 0.466 e. The maximum atomic E-state index is 11.9. The number of anilines is 1. The van der Waals surface area contributed by atoms with Gasteiger partial charge in [0.2, 0.25) is 5.91 Å². The van der Waals surface area contributed by atoms with Gasteiger partial charge in [0.15, 0.2) is 5.82 Å². The Bertz CT molecular complexity index is 1260. The molecule has 12 nitrogen and oxygen atoms in total. The zero-order chi connectivity index (χ0) is 25.7. The molecule has 2 unspecified atom stereocenters. The second-order valence-electron chi connectivity index (χ2n) is 8.49. The molecule has 2 amide bonds. The molecule has 2 heterocycles. The van der Waals surface area contributed by atoms with Gasteiger partial charge in [-0.25, -0.2) is 9.48 Å². The lowest BCUT2D eigenvalue weighted by molar-refractivity contribution is -0.143. The molecule has 0 spiro atoms. The van der Waals surface area contributed by atoms with Gasteiger partial charge in [0.05, 0.1) is 25.1 Å². The summed E-state index contributed by atoms with van der Waals surface area (Å²) in [5.74, 6) is -0.427. The predicted molar refractivity (Wildman–Crippen MR) is 128 cm³/mol. The number of carbonyl (C=O) groups excluding carboxylic acids is 3. The monoisotopic (exact) mass is 493 g/mol. The number of tetrazole rings is 1. The lowest BCUT2D eigenvalue weighted by Crippen LogP contribution is -2.37. The van der Waals surface area contributed by atoms with E-state index >= 15 is 0 Å². The molecule has 1 fully saturated rings. The number of benzene rings is 2. The van der Waals surface area contributed by atoms with Crippen LogP contribution in [-0.4, -0.2) is 51.4 Å². The summed E-state index contributed by atoms with van der Waals surface area (Å²) < 4.78 is 11.7. The summed E-state index contributed by atoms with van der Waals surface area (Å²) in [5.41, 5.74) is 7.44. The smallest absolute Gasteiger partial charge is 0.408 e. The molecule has 0 aliphatic carbocycles. The third kappa shape index (κ3) is 5.43. The topological polar surface area (TPSA) is 163 Å². The van der Waals surface area contributed by atoms with Crippen molar-refractivity contribution in [1.29, 1.82) is 0 Å². The van der Waals surface area contributed by atoms with Crippen molar-refractivity contribution in [2.24, 2.45) is 5.73 Å². The molecule has 0 bridgehead atoms. The first-order chi connectivity index (χ1) is 17.3. The number of cyclic esters (lactones) is 1. The van der Waals surface area contributed by atoms with Crippen LogP contribution >= 0.6 is 0 Å². The average molecular weight is 494 g/mol. The van der Waals surface area contributed by atoms with E-state index in [9.17, 15) is 14.4 Å². The molecular formula is C24H27N7O5. The van der Waals surface area contributed by atoms with Crippen molar-refractivity contribution >= 4 is 23.7 Å². The number of rotatable bonds is 10. The van der Waals surface area contributed by atoms with E-state index in [1.54, 1.807) is 31.2 Å². The van der Waals surface area contributed by atoms with Gasteiger partial charge in [-0.15, -0.1) is 5.10 Å². The number of alkyl carbamates (subject to hydrolysis) is 1. The van der Waals surface area contributed by atoms with Crippen LogP contribution in [0, 0.1) is 0 Å². The first kappa shape index (κ1) is 24.6. The summed E-state index contributed by atoms with van der Waals surface area (Å²) in [6.45, 7) is 4.35. The summed E-state index contributed by atoms with van der Waals surface area (Å²) in [7, 11) is 0. The van der Waals surface area contributed by atoms with Crippen LogP contribution < -0.4 is 16.4 Å². The molecule has 2 aromatic carbocycles. The summed E-state index contributed by atoms with van der Waals surface area (Å²) in [6, 6.07) is 13.8. The van der Waals surface area contributed by atoms with Gasteiger partial charge in [-0.1, -0.05) is 24.3 Å². The normalized spacial score (nSPS) is 17.7. The first-order valence-corrected chi connectivity index (χ1v) is 11.4. The maximum absolute atomic E-state index is 11.9. The molecule has 0 radical (unpaired) electrons. The molecule has 1 aliphatic rings. The lowest BCUT2D eigenvalue weighted by atomic mass is 9.93. The number of aryl methyl sites for hydroxylation is 1. The van der Waals surface area contributed by atoms with Crippen LogP contribution in [-0.2, 0) is 26.4 Å². The summed E-state index contributed by atoms with van der Waals surface area (Å²) in [4.78, 5) is 35.1. The third-order valence-corrected chi connectivity index (χ3v) is 5.86. The highest BCUT2D eigenvalue weighted by atomic mass is 16.6. The summed E-state index contributed by atoms with van der Waals surface area (Å²) in [6.07, 6.45) is -0.365. The quantitative estimate of drug-likeness (QED) is 0.358. The fourth-order valence-corrected chi connectivity index (χ4v) is 3.93. The number of nitrogens with two attached hydrogens (primary N) is 1. The number of esters is 1. The van der Waals surface area contributed by atoms with Crippen LogP contribution in [0.1, 0.15) is 53.6 Å². The van der Waals surface area contributed by atoms with E-state index in [-0.39, 0.29) is 25.5 Å². The van der Waals surface area contributed by atoms with Crippen molar-refractivity contribution < 1.29 is 23.9 Å². The number of hydrogen-bond acceptors (Lipinski definition) is 9. The minimum Gasteiger partial charge on any atom is -0.466 e. The van der Waals surface area contributed by atoms with Crippen LogP contribution in [0.2, 0.25) is 0 Å². The number of hydrogen-bond donors (Lipinski definition) is 3. The van der Waals surface area contributed by atoms with Crippen molar-refractivity contribution in [2.75, 3.05) is 18.5 Å². The summed E-state index contributed by atoms with van der Waals surface area (Å²) >= 11 is 0. The zero-order valence-corrected chi connectivity index (χ0v) is 19.9. The van der Waals surface area contributed by atoms with E-state index in [0.29, 0.717) is 18.0 Å². The Morgan fingerprint density at radius 3 is 2.72 bits per heavy atom. The van der Waals surface area contributed by atoms with Crippen molar-refractivity contribution in [2.45, 2.75) is 38.4 Å². The number of aromatic nitrogens is 4. The Labute approximate surface area is 207 Å². The number of ether oxygens (including phenoxy) is 2. The number of nitrogens with one attached hydrogen (secondary N) is 2. The number of nitrogens with zero attached hydrogens (tertiary/aromatic N) is 4. The fraction of sp³-hybridized carbons (Fsp3) is 0.333. The molecule has 12 heteroatoms.